The second-order valence-electron chi connectivity index (χ2n) is 6.06. The summed E-state index contributed by atoms with van der Waals surface area (Å²) >= 11 is 1.59. The third-order valence-electron chi connectivity index (χ3n) is 3.92. The van der Waals surface area contributed by atoms with Gasteiger partial charge in [-0.15, -0.1) is 11.3 Å². The summed E-state index contributed by atoms with van der Waals surface area (Å²) in [4.78, 5) is 26.4. The quantitative estimate of drug-likeness (QED) is 0.668. The van der Waals surface area contributed by atoms with Gasteiger partial charge < -0.3 is 14.1 Å². The molecule has 0 saturated heterocycles. The summed E-state index contributed by atoms with van der Waals surface area (Å²) in [6.45, 7) is 3.70. The van der Waals surface area contributed by atoms with Crippen molar-refractivity contribution < 1.29 is 13.9 Å². The molecular weight excluding hydrogens is 338 g/mol. The van der Waals surface area contributed by atoms with E-state index >= 15 is 0 Å². The Hall–Kier alpha value is -2.60. The van der Waals surface area contributed by atoms with E-state index < -0.39 is 11.7 Å². The molecule has 2 aromatic heterocycles. The summed E-state index contributed by atoms with van der Waals surface area (Å²) in [5, 5.41) is 2.83. The molecule has 2 heterocycles. The zero-order chi connectivity index (χ0) is 18.1. The number of rotatable bonds is 4. The van der Waals surface area contributed by atoms with E-state index in [1.54, 1.807) is 44.5 Å². The van der Waals surface area contributed by atoms with Crippen LogP contribution in [0, 0.1) is 6.92 Å². The number of nitrogens with zero attached hydrogens (tertiary/aromatic N) is 1. The maximum Gasteiger partial charge on any atom is 0.336 e. The second kappa shape index (κ2) is 6.72. The monoisotopic (exact) mass is 357 g/mol. The van der Waals surface area contributed by atoms with Gasteiger partial charge >= 0.3 is 5.63 Å². The molecule has 0 aliphatic heterocycles. The predicted octanol–water partition coefficient (Wildman–Crippen LogP) is 3.69. The number of carbonyl (C=O) groups is 1. The zero-order valence-corrected chi connectivity index (χ0v) is 15.3. The molecule has 0 aliphatic carbocycles. The molecular formula is C19H19NO4S. The molecule has 0 aliphatic rings. The van der Waals surface area contributed by atoms with Crippen molar-refractivity contribution in [2.45, 2.75) is 20.0 Å². The first kappa shape index (κ1) is 17.2. The van der Waals surface area contributed by atoms with Gasteiger partial charge in [0.25, 0.3) is 5.91 Å². The van der Waals surface area contributed by atoms with Gasteiger partial charge in [-0.2, -0.15) is 0 Å². The van der Waals surface area contributed by atoms with Crippen molar-refractivity contribution in [2.75, 3.05) is 14.1 Å². The van der Waals surface area contributed by atoms with Gasteiger partial charge in [-0.1, -0.05) is 0 Å². The van der Waals surface area contributed by atoms with E-state index in [0.717, 1.165) is 21.4 Å². The number of benzene rings is 1. The van der Waals surface area contributed by atoms with Crippen LogP contribution in [0.15, 0.2) is 44.9 Å². The molecule has 0 saturated carbocycles. The summed E-state index contributed by atoms with van der Waals surface area (Å²) in [5.41, 5.74) is 1.99. The number of aryl methyl sites for hydroxylation is 1. The minimum absolute atomic E-state index is 0.135. The molecule has 0 spiro atoms. The Labute approximate surface area is 149 Å². The van der Waals surface area contributed by atoms with Gasteiger partial charge in [0.05, 0.1) is 0 Å². The number of hydrogen-bond acceptors (Lipinski definition) is 5. The molecule has 0 radical (unpaired) electrons. The van der Waals surface area contributed by atoms with Gasteiger partial charge in [0.15, 0.2) is 6.10 Å². The molecule has 6 heteroatoms. The van der Waals surface area contributed by atoms with Crippen molar-refractivity contribution in [3.05, 3.63) is 51.7 Å². The molecule has 0 bridgehead atoms. The average molecular weight is 357 g/mol. The molecule has 3 rings (SSSR count). The topological polar surface area (TPSA) is 59.8 Å². The van der Waals surface area contributed by atoms with Crippen LogP contribution in [0.3, 0.4) is 0 Å². The van der Waals surface area contributed by atoms with Crippen LogP contribution in [0.2, 0.25) is 0 Å². The molecule has 130 valence electrons. The van der Waals surface area contributed by atoms with E-state index in [0.29, 0.717) is 11.3 Å². The molecule has 1 unspecified atom stereocenters. The highest BCUT2D eigenvalue weighted by Crippen LogP contribution is 2.34. The fourth-order valence-corrected chi connectivity index (χ4v) is 3.63. The van der Waals surface area contributed by atoms with E-state index in [-0.39, 0.29) is 5.91 Å². The Kier molecular flexibility index (Phi) is 4.63. The molecule has 3 aromatic rings. The lowest BCUT2D eigenvalue weighted by atomic mass is 10.1. The van der Waals surface area contributed by atoms with Gasteiger partial charge in [0.1, 0.15) is 11.3 Å². The van der Waals surface area contributed by atoms with Gasteiger partial charge in [-0.25, -0.2) is 4.79 Å². The molecule has 1 aromatic carbocycles. The van der Waals surface area contributed by atoms with Crippen LogP contribution in [-0.2, 0) is 4.79 Å². The van der Waals surface area contributed by atoms with E-state index in [2.05, 4.69) is 0 Å². The van der Waals surface area contributed by atoms with Crippen LogP contribution < -0.4 is 10.4 Å². The van der Waals surface area contributed by atoms with Crippen LogP contribution in [-0.4, -0.2) is 31.0 Å². The predicted molar refractivity (Wildman–Crippen MR) is 99.3 cm³/mol. The first-order valence-electron chi connectivity index (χ1n) is 7.87. The first-order chi connectivity index (χ1) is 11.9. The molecule has 0 N–H and O–H groups in total. The van der Waals surface area contributed by atoms with E-state index in [1.165, 1.54) is 11.0 Å². The Morgan fingerprint density at radius 3 is 2.64 bits per heavy atom. The number of hydrogen-bond donors (Lipinski definition) is 0. The highest BCUT2D eigenvalue weighted by molar-refractivity contribution is 7.13. The number of thiophene rings is 1. The maximum atomic E-state index is 12.0. The van der Waals surface area contributed by atoms with Gasteiger partial charge in [0, 0.05) is 42.1 Å². The lowest BCUT2D eigenvalue weighted by Crippen LogP contribution is -2.35. The van der Waals surface area contributed by atoms with Crippen LogP contribution in [0.5, 0.6) is 5.75 Å². The summed E-state index contributed by atoms with van der Waals surface area (Å²) < 4.78 is 11.0. The van der Waals surface area contributed by atoms with Crippen LogP contribution in [0.4, 0.5) is 0 Å². The standard InChI is InChI=1S/C19H19NO4S/c1-11-7-8-25-18(11)15-10-17(21)24-16-9-13(5-6-14(15)16)23-12(2)19(22)20(3)4/h5-10,12H,1-4H3. The molecule has 25 heavy (non-hydrogen) atoms. The van der Waals surface area contributed by atoms with Crippen molar-refractivity contribution in [1.29, 1.82) is 0 Å². The third kappa shape index (κ3) is 3.44. The number of fused-ring (bicyclic) bond motifs is 1. The number of likely N-dealkylation sites (N-methyl/N-ethyl adjacent to an activating group) is 1. The Balaban J connectivity index is 2.03. The number of ether oxygens (including phenoxy) is 1. The maximum absolute atomic E-state index is 12.0. The third-order valence-corrected chi connectivity index (χ3v) is 4.97. The van der Waals surface area contributed by atoms with Gasteiger partial charge in [0.2, 0.25) is 0 Å². The van der Waals surface area contributed by atoms with Crippen molar-refractivity contribution in [2.24, 2.45) is 0 Å². The van der Waals surface area contributed by atoms with Crippen LogP contribution in [0.25, 0.3) is 21.4 Å². The average Bonchev–Trinajstić information content (AvgIpc) is 2.98. The normalized spacial score (nSPS) is 12.2. The Bertz CT molecular complexity index is 986. The lowest BCUT2D eigenvalue weighted by molar-refractivity contribution is -0.135. The smallest absolute Gasteiger partial charge is 0.336 e. The lowest BCUT2D eigenvalue weighted by Gasteiger charge is -2.18. The highest BCUT2D eigenvalue weighted by atomic mass is 32.1. The fraction of sp³-hybridized carbons (Fsp3) is 0.263. The van der Waals surface area contributed by atoms with E-state index in [9.17, 15) is 9.59 Å². The number of amides is 1. The number of carbonyl (C=O) groups excluding carboxylic acids is 1. The summed E-state index contributed by atoms with van der Waals surface area (Å²) in [5.74, 6) is 0.350. The van der Waals surface area contributed by atoms with Crippen molar-refractivity contribution in [1.82, 2.24) is 4.90 Å². The molecule has 0 fully saturated rings. The largest absolute Gasteiger partial charge is 0.481 e. The summed E-state index contributed by atoms with van der Waals surface area (Å²) in [7, 11) is 3.36. The highest BCUT2D eigenvalue weighted by Gasteiger charge is 2.17. The van der Waals surface area contributed by atoms with Crippen molar-refractivity contribution in [3.8, 4) is 16.2 Å². The molecule has 1 atom stereocenters. The van der Waals surface area contributed by atoms with Gasteiger partial charge in [-0.05, 0) is 43.0 Å². The summed E-state index contributed by atoms with van der Waals surface area (Å²) in [6.07, 6.45) is -0.623. The van der Waals surface area contributed by atoms with Crippen LogP contribution >= 0.6 is 11.3 Å². The zero-order valence-electron chi connectivity index (χ0n) is 14.5. The van der Waals surface area contributed by atoms with Crippen molar-refractivity contribution >= 4 is 28.2 Å². The molecule has 1 amide bonds. The Morgan fingerprint density at radius 1 is 1.24 bits per heavy atom. The van der Waals surface area contributed by atoms with Crippen LogP contribution in [0.1, 0.15) is 12.5 Å². The second-order valence-corrected chi connectivity index (χ2v) is 6.98. The van der Waals surface area contributed by atoms with E-state index in [4.69, 9.17) is 9.15 Å². The SMILES string of the molecule is Cc1ccsc1-c1cc(=O)oc2cc(OC(C)C(=O)N(C)C)ccc12. The van der Waals surface area contributed by atoms with Gasteiger partial charge in [-0.3, -0.25) is 4.79 Å². The van der Waals surface area contributed by atoms with E-state index in [1.807, 2.05) is 24.4 Å². The minimum atomic E-state index is -0.623. The summed E-state index contributed by atoms with van der Waals surface area (Å²) in [6, 6.07) is 8.83. The van der Waals surface area contributed by atoms with Crippen molar-refractivity contribution in [3.63, 3.8) is 0 Å². The minimum Gasteiger partial charge on any atom is -0.481 e. The molecule has 5 nitrogen and oxygen atoms in total. The fourth-order valence-electron chi connectivity index (χ4n) is 2.67. The Morgan fingerprint density at radius 2 is 2.00 bits per heavy atom. The first-order valence-corrected chi connectivity index (χ1v) is 8.75.